The van der Waals surface area contributed by atoms with Gasteiger partial charge in [-0.05, 0) is 78.7 Å². The lowest BCUT2D eigenvalue weighted by Crippen LogP contribution is -2.44. The number of nitrogens with zero attached hydrogens (tertiary/aromatic N) is 2. The number of alkyl halides is 3. The van der Waals surface area contributed by atoms with Crippen molar-refractivity contribution in [1.82, 2.24) is 9.80 Å². The molecule has 3 rings (SSSR count). The summed E-state index contributed by atoms with van der Waals surface area (Å²) in [6.07, 6.45) is -3.51. The van der Waals surface area contributed by atoms with Crippen LogP contribution in [0.25, 0.3) is 0 Å². The van der Waals surface area contributed by atoms with Gasteiger partial charge in [0, 0.05) is 37.2 Å². The van der Waals surface area contributed by atoms with Gasteiger partial charge in [-0.15, -0.1) is 11.3 Å². The number of benzene rings is 2. The number of carbonyl (C=O) groups excluding carboxylic acids is 2. The van der Waals surface area contributed by atoms with E-state index in [1.54, 1.807) is 30.5 Å². The van der Waals surface area contributed by atoms with Crippen LogP contribution < -0.4 is 9.47 Å². The number of aryl methyl sites for hydroxylation is 1. The van der Waals surface area contributed by atoms with Crippen molar-refractivity contribution in [3.05, 3.63) is 81.0 Å². The highest BCUT2D eigenvalue weighted by Gasteiger charge is 2.31. The predicted octanol–water partition coefficient (Wildman–Crippen LogP) is 5.84. The molecule has 11 heteroatoms. The maximum absolute atomic E-state index is 13.7. The van der Waals surface area contributed by atoms with Gasteiger partial charge < -0.3 is 24.0 Å². The van der Waals surface area contributed by atoms with E-state index in [9.17, 15) is 22.8 Å². The first-order valence-electron chi connectivity index (χ1n) is 13.0. The van der Waals surface area contributed by atoms with Crippen molar-refractivity contribution in [3.8, 4) is 11.5 Å². The number of amides is 2. The average molecular weight is 593 g/mol. The SMILES string of the molecule is COCCCN(CC(=O)N(CCc1ccc(OC)c(OC)c1)Cc1sccc1C)C(=O)c1ccc(C(F)(F)F)cc1. The number of methoxy groups -OCH3 is 3. The minimum atomic E-state index is -4.51. The second-order valence-corrected chi connectivity index (χ2v) is 10.4. The smallest absolute Gasteiger partial charge is 0.416 e. The Morgan fingerprint density at radius 3 is 2.20 bits per heavy atom. The Bertz CT molecular complexity index is 1290. The van der Waals surface area contributed by atoms with Crippen LogP contribution in [0.4, 0.5) is 13.2 Å². The van der Waals surface area contributed by atoms with E-state index >= 15 is 0 Å². The first-order chi connectivity index (χ1) is 19.6. The van der Waals surface area contributed by atoms with E-state index in [0.29, 0.717) is 44.0 Å². The number of hydrogen-bond acceptors (Lipinski definition) is 6. The molecule has 3 aromatic rings. The van der Waals surface area contributed by atoms with Crippen molar-refractivity contribution in [2.24, 2.45) is 0 Å². The monoisotopic (exact) mass is 592 g/mol. The number of hydrogen-bond donors (Lipinski definition) is 0. The molecular weight excluding hydrogens is 557 g/mol. The van der Waals surface area contributed by atoms with E-state index in [4.69, 9.17) is 14.2 Å². The van der Waals surface area contributed by atoms with Gasteiger partial charge in [-0.3, -0.25) is 9.59 Å². The number of carbonyl (C=O) groups is 2. The minimum Gasteiger partial charge on any atom is -0.493 e. The average Bonchev–Trinajstić information content (AvgIpc) is 3.37. The van der Waals surface area contributed by atoms with Crippen LogP contribution >= 0.6 is 11.3 Å². The molecule has 0 aliphatic rings. The summed E-state index contributed by atoms with van der Waals surface area (Å²) in [4.78, 5) is 31.2. The Hall–Kier alpha value is -3.57. The summed E-state index contributed by atoms with van der Waals surface area (Å²) in [7, 11) is 4.65. The summed E-state index contributed by atoms with van der Waals surface area (Å²) in [6, 6.07) is 11.6. The Morgan fingerprint density at radius 1 is 0.902 bits per heavy atom. The van der Waals surface area contributed by atoms with E-state index in [0.717, 1.165) is 40.3 Å². The first-order valence-corrected chi connectivity index (χ1v) is 13.9. The number of thiophene rings is 1. The largest absolute Gasteiger partial charge is 0.493 e. The molecule has 0 saturated heterocycles. The molecule has 0 spiro atoms. The van der Waals surface area contributed by atoms with Gasteiger partial charge in [0.05, 0.1) is 26.3 Å². The van der Waals surface area contributed by atoms with Crippen molar-refractivity contribution in [3.63, 3.8) is 0 Å². The second-order valence-electron chi connectivity index (χ2n) is 9.43. The van der Waals surface area contributed by atoms with Crippen LogP contribution in [0.1, 0.15) is 38.3 Å². The fourth-order valence-corrected chi connectivity index (χ4v) is 5.15. The topological polar surface area (TPSA) is 68.3 Å². The third-order valence-corrected chi connectivity index (χ3v) is 7.63. The third kappa shape index (κ3) is 8.96. The number of ether oxygens (including phenoxy) is 3. The first kappa shape index (κ1) is 32.0. The Balaban J connectivity index is 1.81. The zero-order valence-corrected chi connectivity index (χ0v) is 24.4. The standard InChI is InChI=1S/C30H35F3N2O5S/c1-21-13-17-41-27(21)19-34(15-12-22-6-11-25(39-3)26(18-22)40-4)28(36)20-35(14-5-16-38-2)29(37)23-7-9-24(10-8-23)30(31,32)33/h6-11,13,17-18H,5,12,14-16,19-20H2,1-4H3. The van der Waals surface area contributed by atoms with Crippen molar-refractivity contribution in [1.29, 1.82) is 0 Å². The van der Waals surface area contributed by atoms with Gasteiger partial charge in [-0.25, -0.2) is 0 Å². The summed E-state index contributed by atoms with van der Waals surface area (Å²) in [5.74, 6) is 0.404. The van der Waals surface area contributed by atoms with Crippen molar-refractivity contribution in [2.75, 3.05) is 47.6 Å². The number of halogens is 3. The molecule has 0 saturated carbocycles. The summed E-state index contributed by atoms with van der Waals surface area (Å²) in [6.45, 7) is 3.08. The molecule has 1 aromatic heterocycles. The lowest BCUT2D eigenvalue weighted by Gasteiger charge is -2.28. The van der Waals surface area contributed by atoms with Crippen molar-refractivity contribution >= 4 is 23.2 Å². The summed E-state index contributed by atoms with van der Waals surface area (Å²) >= 11 is 1.55. The lowest BCUT2D eigenvalue weighted by atomic mass is 10.1. The van der Waals surface area contributed by atoms with Crippen LogP contribution in [0.3, 0.4) is 0 Å². The predicted molar refractivity (Wildman–Crippen MR) is 152 cm³/mol. The van der Waals surface area contributed by atoms with Gasteiger partial charge >= 0.3 is 6.18 Å². The maximum Gasteiger partial charge on any atom is 0.416 e. The molecule has 2 amide bonds. The molecule has 222 valence electrons. The van der Waals surface area contributed by atoms with Crippen LogP contribution in [-0.2, 0) is 28.7 Å². The lowest BCUT2D eigenvalue weighted by molar-refractivity contribution is -0.137. The molecule has 0 atom stereocenters. The summed E-state index contributed by atoms with van der Waals surface area (Å²) in [5.41, 5.74) is 1.25. The van der Waals surface area contributed by atoms with E-state index in [1.807, 2.05) is 36.6 Å². The molecule has 0 radical (unpaired) electrons. The zero-order valence-electron chi connectivity index (χ0n) is 23.6. The van der Waals surface area contributed by atoms with E-state index in [2.05, 4.69) is 0 Å². The molecule has 1 heterocycles. The van der Waals surface area contributed by atoms with Crippen LogP contribution in [0.2, 0.25) is 0 Å². The molecule has 0 aliphatic carbocycles. The zero-order chi connectivity index (χ0) is 30.0. The van der Waals surface area contributed by atoms with Gasteiger partial charge in [0.2, 0.25) is 5.91 Å². The highest BCUT2D eigenvalue weighted by atomic mass is 32.1. The molecule has 2 aromatic carbocycles. The van der Waals surface area contributed by atoms with Gasteiger partial charge in [0.15, 0.2) is 11.5 Å². The van der Waals surface area contributed by atoms with E-state index in [-0.39, 0.29) is 24.6 Å². The van der Waals surface area contributed by atoms with Crippen LogP contribution in [-0.4, -0.2) is 69.2 Å². The molecule has 7 nitrogen and oxygen atoms in total. The molecule has 0 unspecified atom stereocenters. The Labute approximate surface area is 242 Å². The normalized spacial score (nSPS) is 11.3. The minimum absolute atomic E-state index is 0.0780. The molecule has 0 fully saturated rings. The molecule has 41 heavy (non-hydrogen) atoms. The fourth-order valence-electron chi connectivity index (χ4n) is 4.23. The molecule has 0 aliphatic heterocycles. The van der Waals surface area contributed by atoms with Gasteiger partial charge in [-0.1, -0.05) is 6.07 Å². The van der Waals surface area contributed by atoms with Crippen LogP contribution in [0.5, 0.6) is 11.5 Å². The van der Waals surface area contributed by atoms with Gasteiger partial charge in [-0.2, -0.15) is 13.2 Å². The van der Waals surface area contributed by atoms with Gasteiger partial charge in [0.1, 0.15) is 6.54 Å². The Morgan fingerprint density at radius 2 is 1.61 bits per heavy atom. The number of rotatable bonds is 14. The van der Waals surface area contributed by atoms with Crippen molar-refractivity contribution in [2.45, 2.75) is 32.5 Å². The molecule has 0 bridgehead atoms. The van der Waals surface area contributed by atoms with Crippen molar-refractivity contribution < 1.29 is 37.0 Å². The Kier molecular flexibility index (Phi) is 11.6. The fraction of sp³-hybridized carbons (Fsp3) is 0.400. The van der Waals surface area contributed by atoms with Crippen LogP contribution in [0, 0.1) is 6.92 Å². The van der Waals surface area contributed by atoms with Crippen LogP contribution in [0.15, 0.2) is 53.9 Å². The maximum atomic E-state index is 13.7. The highest BCUT2D eigenvalue weighted by Crippen LogP contribution is 2.30. The molecular formula is C30H35F3N2O5S. The molecule has 0 N–H and O–H groups in total. The second kappa shape index (κ2) is 14.9. The quantitative estimate of drug-likeness (QED) is 0.220. The third-order valence-electron chi connectivity index (χ3n) is 6.62. The highest BCUT2D eigenvalue weighted by molar-refractivity contribution is 7.10. The summed E-state index contributed by atoms with van der Waals surface area (Å²) < 4.78 is 54.9. The van der Waals surface area contributed by atoms with E-state index in [1.165, 1.54) is 12.0 Å². The summed E-state index contributed by atoms with van der Waals surface area (Å²) in [5, 5.41) is 1.97. The van der Waals surface area contributed by atoms with Gasteiger partial charge in [0.25, 0.3) is 5.91 Å². The van der Waals surface area contributed by atoms with E-state index < -0.39 is 17.6 Å².